The fourth-order valence-corrected chi connectivity index (χ4v) is 1.11. The van der Waals surface area contributed by atoms with Crippen molar-refractivity contribution >= 4 is 15.9 Å². The quantitative estimate of drug-likeness (QED) is 0.691. The van der Waals surface area contributed by atoms with Gasteiger partial charge in [0.05, 0.1) is 12.7 Å². The Kier molecular flexibility index (Phi) is 2.82. The molecule has 1 heterocycles. The molecular weight excluding hydrogens is 208 g/mol. The van der Waals surface area contributed by atoms with E-state index in [0.29, 0.717) is 6.54 Å². The average Bonchev–Trinajstić information content (AvgIpc) is 1.95. The summed E-state index contributed by atoms with van der Waals surface area (Å²) in [5, 5.41) is 4.69. The van der Waals surface area contributed by atoms with Crippen LogP contribution in [0.5, 0.6) is 0 Å². The number of alkyl halides is 1. The molecule has 0 amide bonds. The molecule has 0 fully saturated rings. The van der Waals surface area contributed by atoms with Crippen LogP contribution in [-0.4, -0.2) is 15.1 Å². The molecule has 0 aromatic carbocycles. The Hall–Kier alpha value is -0.640. The molecule has 0 unspecified atom stereocenters. The molecule has 0 radical (unpaired) electrons. The maximum atomic E-state index is 11.1. The predicted molar refractivity (Wildman–Crippen MR) is 47.0 cm³/mol. The van der Waals surface area contributed by atoms with Gasteiger partial charge in [-0.25, -0.2) is 4.68 Å². The third-order valence-electron chi connectivity index (χ3n) is 1.30. The largest absolute Gasteiger partial charge is 0.268 e. The fraction of sp³-hybridized carbons (Fsp3) is 0.429. The number of hydrogen-bond acceptors (Lipinski definition) is 2. The van der Waals surface area contributed by atoms with Gasteiger partial charge < -0.3 is 0 Å². The third-order valence-corrected chi connectivity index (χ3v) is 1.66. The van der Waals surface area contributed by atoms with Crippen LogP contribution in [0.3, 0.4) is 0 Å². The van der Waals surface area contributed by atoms with Crippen LogP contribution >= 0.6 is 15.9 Å². The van der Waals surface area contributed by atoms with Crippen molar-refractivity contribution in [2.24, 2.45) is 0 Å². The van der Waals surface area contributed by atoms with Gasteiger partial charge in [0.25, 0.3) is 5.56 Å². The first kappa shape index (κ1) is 8.46. The van der Waals surface area contributed by atoms with E-state index in [9.17, 15) is 4.79 Å². The van der Waals surface area contributed by atoms with Crippen molar-refractivity contribution in [3.05, 3.63) is 28.2 Å². The van der Waals surface area contributed by atoms with E-state index >= 15 is 0 Å². The standard InChI is InChI=1S/C7H9BrN2O/c1-6-4-7(11)10(3-2-8)9-5-6/h4-5H,2-3H2,1H3. The predicted octanol–water partition coefficient (Wildman–Crippen LogP) is 0.947. The molecule has 0 atom stereocenters. The van der Waals surface area contributed by atoms with Gasteiger partial charge in [0.15, 0.2) is 0 Å². The van der Waals surface area contributed by atoms with Crippen molar-refractivity contribution in [3.8, 4) is 0 Å². The SMILES string of the molecule is Cc1cnn(CCBr)c(=O)c1. The van der Waals surface area contributed by atoms with Gasteiger partial charge in [0.1, 0.15) is 0 Å². The average molecular weight is 217 g/mol. The Balaban J connectivity index is 3.00. The van der Waals surface area contributed by atoms with Gasteiger partial charge in [0.2, 0.25) is 0 Å². The van der Waals surface area contributed by atoms with Gasteiger partial charge in [-0.15, -0.1) is 0 Å². The second kappa shape index (κ2) is 3.67. The molecule has 0 bridgehead atoms. The summed E-state index contributed by atoms with van der Waals surface area (Å²) in [6, 6.07) is 1.58. The minimum absolute atomic E-state index is 0.0375. The van der Waals surface area contributed by atoms with E-state index in [1.165, 1.54) is 4.68 Å². The summed E-state index contributed by atoms with van der Waals surface area (Å²) in [6.45, 7) is 2.48. The summed E-state index contributed by atoms with van der Waals surface area (Å²) >= 11 is 3.24. The first-order valence-corrected chi connectivity index (χ1v) is 4.46. The zero-order valence-electron chi connectivity index (χ0n) is 6.25. The number of halogens is 1. The van der Waals surface area contributed by atoms with Crippen LogP contribution in [0.15, 0.2) is 17.1 Å². The van der Waals surface area contributed by atoms with Crippen molar-refractivity contribution < 1.29 is 0 Å². The second-order valence-electron chi connectivity index (χ2n) is 2.28. The smallest absolute Gasteiger partial charge is 0.267 e. The van der Waals surface area contributed by atoms with Crippen molar-refractivity contribution in [1.82, 2.24) is 9.78 Å². The maximum absolute atomic E-state index is 11.1. The van der Waals surface area contributed by atoms with E-state index in [0.717, 1.165) is 10.9 Å². The van der Waals surface area contributed by atoms with Crippen LogP contribution in [0.25, 0.3) is 0 Å². The van der Waals surface area contributed by atoms with Gasteiger partial charge in [-0.05, 0) is 12.5 Å². The molecule has 3 nitrogen and oxygen atoms in total. The summed E-state index contributed by atoms with van der Waals surface area (Å²) in [5.74, 6) is 0. The minimum atomic E-state index is -0.0375. The van der Waals surface area contributed by atoms with Gasteiger partial charge in [-0.2, -0.15) is 5.10 Å². The van der Waals surface area contributed by atoms with Gasteiger partial charge in [0, 0.05) is 11.4 Å². The van der Waals surface area contributed by atoms with Crippen LogP contribution in [-0.2, 0) is 6.54 Å². The minimum Gasteiger partial charge on any atom is -0.268 e. The molecule has 0 N–H and O–H groups in total. The third kappa shape index (κ3) is 2.15. The lowest BCUT2D eigenvalue weighted by Gasteiger charge is -1.99. The zero-order chi connectivity index (χ0) is 8.27. The summed E-state index contributed by atoms with van der Waals surface area (Å²) in [6.07, 6.45) is 1.68. The molecule has 60 valence electrons. The molecular formula is C7H9BrN2O. The monoisotopic (exact) mass is 216 g/mol. The Labute approximate surface area is 73.2 Å². The lowest BCUT2D eigenvalue weighted by molar-refractivity contribution is 0.621. The molecule has 0 aliphatic rings. The highest BCUT2D eigenvalue weighted by Crippen LogP contribution is 1.87. The summed E-state index contributed by atoms with van der Waals surface area (Å²) in [5.41, 5.74) is 0.866. The Morgan fingerprint density at radius 2 is 2.45 bits per heavy atom. The van der Waals surface area contributed by atoms with E-state index in [1.54, 1.807) is 12.3 Å². The number of rotatable bonds is 2. The highest BCUT2D eigenvalue weighted by molar-refractivity contribution is 9.09. The molecule has 11 heavy (non-hydrogen) atoms. The summed E-state index contributed by atoms with van der Waals surface area (Å²) in [7, 11) is 0. The van der Waals surface area contributed by atoms with Crippen molar-refractivity contribution in [1.29, 1.82) is 0 Å². The Morgan fingerprint density at radius 1 is 1.73 bits per heavy atom. The Bertz CT molecular complexity index is 295. The molecule has 1 aromatic rings. The molecule has 0 saturated carbocycles. The highest BCUT2D eigenvalue weighted by atomic mass is 79.9. The van der Waals surface area contributed by atoms with Crippen LogP contribution in [0, 0.1) is 6.92 Å². The van der Waals surface area contributed by atoms with E-state index in [2.05, 4.69) is 21.0 Å². The maximum Gasteiger partial charge on any atom is 0.267 e. The topological polar surface area (TPSA) is 34.9 Å². The van der Waals surface area contributed by atoms with Crippen molar-refractivity contribution in [2.75, 3.05) is 5.33 Å². The second-order valence-corrected chi connectivity index (χ2v) is 3.08. The zero-order valence-corrected chi connectivity index (χ0v) is 7.84. The first-order chi connectivity index (χ1) is 5.24. The van der Waals surface area contributed by atoms with Gasteiger partial charge >= 0.3 is 0 Å². The lowest BCUT2D eigenvalue weighted by atomic mass is 10.3. The van der Waals surface area contributed by atoms with Crippen LogP contribution in [0.4, 0.5) is 0 Å². The van der Waals surface area contributed by atoms with E-state index in [4.69, 9.17) is 0 Å². The summed E-state index contributed by atoms with van der Waals surface area (Å²) in [4.78, 5) is 11.1. The van der Waals surface area contributed by atoms with E-state index in [1.807, 2.05) is 6.92 Å². The fourth-order valence-electron chi connectivity index (χ4n) is 0.772. The molecule has 1 rings (SSSR count). The van der Waals surface area contributed by atoms with Crippen LogP contribution in [0.1, 0.15) is 5.56 Å². The first-order valence-electron chi connectivity index (χ1n) is 3.34. The highest BCUT2D eigenvalue weighted by Gasteiger charge is 1.94. The molecule has 1 aromatic heterocycles. The molecule has 0 aliphatic heterocycles. The van der Waals surface area contributed by atoms with Crippen LogP contribution < -0.4 is 5.56 Å². The number of aromatic nitrogens is 2. The lowest BCUT2D eigenvalue weighted by Crippen LogP contribution is -2.22. The number of aryl methyl sites for hydroxylation is 2. The van der Waals surface area contributed by atoms with Crippen LogP contribution in [0.2, 0.25) is 0 Å². The van der Waals surface area contributed by atoms with Gasteiger partial charge in [-0.1, -0.05) is 15.9 Å². The van der Waals surface area contributed by atoms with E-state index < -0.39 is 0 Å². The molecule has 0 aliphatic carbocycles. The van der Waals surface area contributed by atoms with Gasteiger partial charge in [-0.3, -0.25) is 4.79 Å². The number of hydrogen-bond donors (Lipinski definition) is 0. The van der Waals surface area contributed by atoms with E-state index in [-0.39, 0.29) is 5.56 Å². The van der Waals surface area contributed by atoms with Crippen molar-refractivity contribution in [2.45, 2.75) is 13.5 Å². The molecule has 0 saturated heterocycles. The molecule has 4 heteroatoms. The van der Waals surface area contributed by atoms with Crippen molar-refractivity contribution in [3.63, 3.8) is 0 Å². The summed E-state index contributed by atoms with van der Waals surface area (Å²) < 4.78 is 1.43. The normalized spacial score (nSPS) is 10.0. The Morgan fingerprint density at radius 3 is 3.00 bits per heavy atom. The molecule has 0 spiro atoms. The number of nitrogens with zero attached hydrogens (tertiary/aromatic N) is 2.